The third kappa shape index (κ3) is 1.91. The Morgan fingerprint density at radius 1 is 1.57 bits per heavy atom. The lowest BCUT2D eigenvalue weighted by atomic mass is 10.0. The molecule has 0 unspecified atom stereocenters. The van der Waals surface area contributed by atoms with Crippen LogP contribution in [0.1, 0.15) is 18.3 Å². The summed E-state index contributed by atoms with van der Waals surface area (Å²) in [6, 6.07) is 7.66. The van der Waals surface area contributed by atoms with Crippen molar-refractivity contribution >= 4 is 0 Å². The van der Waals surface area contributed by atoms with Gasteiger partial charge >= 0.3 is 0 Å². The van der Waals surface area contributed by atoms with Gasteiger partial charge in [-0.1, -0.05) is 13.0 Å². The second-order valence-corrected chi connectivity index (χ2v) is 3.93. The van der Waals surface area contributed by atoms with Gasteiger partial charge in [0.1, 0.15) is 11.8 Å². The van der Waals surface area contributed by atoms with Gasteiger partial charge in [0, 0.05) is 19.6 Å². The zero-order valence-electron chi connectivity index (χ0n) is 8.27. The molecule has 72 valence electrons. The molecule has 0 aliphatic carbocycles. The first kappa shape index (κ1) is 9.17. The second kappa shape index (κ2) is 3.77. The van der Waals surface area contributed by atoms with Crippen LogP contribution in [-0.4, -0.2) is 23.0 Å². The van der Waals surface area contributed by atoms with Crippen LogP contribution in [0.4, 0.5) is 0 Å². The number of hydrogen-bond acceptors (Lipinski definition) is 3. The Morgan fingerprint density at radius 3 is 3.00 bits per heavy atom. The summed E-state index contributed by atoms with van der Waals surface area (Å²) in [7, 11) is 0. The molecule has 0 N–H and O–H groups in total. The minimum Gasteiger partial charge on any atom is -0.297 e. The molecule has 2 rings (SSSR count). The smallest absolute Gasteiger partial charge is 0.140 e. The Hall–Kier alpha value is -1.40. The molecule has 0 saturated carbocycles. The third-order valence-corrected chi connectivity index (χ3v) is 2.45. The predicted octanol–water partition coefficient (Wildman–Crippen LogP) is 1.40. The number of pyridine rings is 1. The summed E-state index contributed by atoms with van der Waals surface area (Å²) in [5, 5.41) is 8.68. The molecule has 0 bridgehead atoms. The zero-order valence-corrected chi connectivity index (χ0v) is 8.27. The van der Waals surface area contributed by atoms with E-state index in [-0.39, 0.29) is 0 Å². The lowest BCUT2D eigenvalue weighted by Gasteiger charge is -2.36. The summed E-state index contributed by atoms with van der Waals surface area (Å²) in [5.74, 6) is 0.814. The van der Waals surface area contributed by atoms with Crippen LogP contribution in [0.3, 0.4) is 0 Å². The van der Waals surface area contributed by atoms with Crippen molar-refractivity contribution in [2.75, 3.05) is 13.1 Å². The topological polar surface area (TPSA) is 39.9 Å². The Labute approximate surface area is 84.0 Å². The number of nitriles is 1. The lowest BCUT2D eigenvalue weighted by molar-refractivity contribution is 0.103. The number of rotatable bonds is 2. The molecule has 2 heterocycles. The van der Waals surface area contributed by atoms with Gasteiger partial charge in [-0.2, -0.15) is 5.26 Å². The van der Waals surface area contributed by atoms with Crippen LogP contribution >= 0.6 is 0 Å². The summed E-state index contributed by atoms with van der Waals surface area (Å²) in [5.41, 5.74) is 1.51. The van der Waals surface area contributed by atoms with E-state index in [1.54, 1.807) is 6.07 Å². The van der Waals surface area contributed by atoms with Crippen LogP contribution in [0.15, 0.2) is 18.2 Å². The van der Waals surface area contributed by atoms with E-state index in [9.17, 15) is 0 Å². The highest BCUT2D eigenvalue weighted by Gasteiger charge is 2.22. The summed E-state index contributed by atoms with van der Waals surface area (Å²) in [4.78, 5) is 6.58. The fourth-order valence-electron chi connectivity index (χ4n) is 1.82. The zero-order chi connectivity index (χ0) is 9.97. The molecule has 14 heavy (non-hydrogen) atoms. The fourth-order valence-corrected chi connectivity index (χ4v) is 1.82. The van der Waals surface area contributed by atoms with Gasteiger partial charge in [0.2, 0.25) is 0 Å². The summed E-state index contributed by atoms with van der Waals surface area (Å²) in [6.07, 6.45) is 0. The molecular formula is C11H13N3. The Morgan fingerprint density at radius 2 is 2.36 bits per heavy atom. The van der Waals surface area contributed by atoms with Crippen molar-refractivity contribution in [3.63, 3.8) is 0 Å². The fraction of sp³-hybridized carbons (Fsp3) is 0.455. The summed E-state index contributed by atoms with van der Waals surface area (Å²) in [6.45, 7) is 5.42. The molecule has 0 aromatic carbocycles. The highest BCUT2D eigenvalue weighted by Crippen LogP contribution is 2.16. The van der Waals surface area contributed by atoms with E-state index in [1.165, 1.54) is 0 Å². The molecule has 3 heteroatoms. The Kier molecular flexibility index (Phi) is 2.47. The highest BCUT2D eigenvalue weighted by atomic mass is 15.2. The number of nitrogens with zero attached hydrogens (tertiary/aromatic N) is 3. The van der Waals surface area contributed by atoms with E-state index in [0.717, 1.165) is 31.2 Å². The maximum absolute atomic E-state index is 8.68. The maximum atomic E-state index is 8.68. The molecule has 0 radical (unpaired) electrons. The molecule has 1 saturated heterocycles. The third-order valence-electron chi connectivity index (χ3n) is 2.45. The van der Waals surface area contributed by atoms with Gasteiger partial charge in [0.25, 0.3) is 0 Å². The summed E-state index contributed by atoms with van der Waals surface area (Å²) >= 11 is 0. The molecular weight excluding hydrogens is 174 g/mol. The van der Waals surface area contributed by atoms with Crippen LogP contribution in [0.2, 0.25) is 0 Å². The lowest BCUT2D eigenvalue weighted by Crippen LogP contribution is -2.44. The van der Waals surface area contributed by atoms with Crippen LogP contribution < -0.4 is 0 Å². The van der Waals surface area contributed by atoms with E-state index < -0.39 is 0 Å². The highest BCUT2D eigenvalue weighted by molar-refractivity contribution is 5.22. The first-order chi connectivity index (χ1) is 6.78. The van der Waals surface area contributed by atoms with Crippen molar-refractivity contribution in [2.24, 2.45) is 5.92 Å². The van der Waals surface area contributed by atoms with Crippen molar-refractivity contribution in [3.05, 3.63) is 29.6 Å². The molecule has 1 fully saturated rings. The van der Waals surface area contributed by atoms with Crippen LogP contribution in [0.5, 0.6) is 0 Å². The van der Waals surface area contributed by atoms with Crippen LogP contribution in [-0.2, 0) is 6.54 Å². The monoisotopic (exact) mass is 187 g/mol. The standard InChI is InChI=1S/C11H13N3/c1-9-6-14(7-9)8-11-4-2-3-10(5-12)13-11/h2-4,9H,6-8H2,1H3. The van der Waals surface area contributed by atoms with E-state index in [1.807, 2.05) is 12.1 Å². The minimum absolute atomic E-state index is 0.510. The van der Waals surface area contributed by atoms with E-state index in [4.69, 9.17) is 5.26 Å². The van der Waals surface area contributed by atoms with Crippen LogP contribution in [0.25, 0.3) is 0 Å². The van der Waals surface area contributed by atoms with Crippen molar-refractivity contribution < 1.29 is 0 Å². The van der Waals surface area contributed by atoms with Crippen molar-refractivity contribution in [3.8, 4) is 6.07 Å². The number of aromatic nitrogens is 1. The Bertz CT molecular complexity index is 361. The molecule has 1 aliphatic rings. The Balaban J connectivity index is 2.00. The maximum Gasteiger partial charge on any atom is 0.140 e. The van der Waals surface area contributed by atoms with Gasteiger partial charge in [-0.05, 0) is 18.1 Å². The average Bonchev–Trinajstić information content (AvgIpc) is 2.16. The van der Waals surface area contributed by atoms with E-state index in [2.05, 4.69) is 22.9 Å². The van der Waals surface area contributed by atoms with Gasteiger partial charge in [-0.15, -0.1) is 0 Å². The van der Waals surface area contributed by atoms with Gasteiger partial charge in [-0.3, -0.25) is 4.90 Å². The molecule has 3 nitrogen and oxygen atoms in total. The molecule has 0 atom stereocenters. The molecule has 1 aromatic heterocycles. The van der Waals surface area contributed by atoms with Gasteiger partial charge in [0.05, 0.1) is 5.69 Å². The van der Waals surface area contributed by atoms with Gasteiger partial charge < -0.3 is 0 Å². The normalized spacial score (nSPS) is 17.4. The van der Waals surface area contributed by atoms with Crippen molar-refractivity contribution in [1.82, 2.24) is 9.88 Å². The first-order valence-electron chi connectivity index (χ1n) is 4.86. The quantitative estimate of drug-likeness (QED) is 0.702. The van der Waals surface area contributed by atoms with E-state index in [0.29, 0.717) is 5.69 Å². The minimum atomic E-state index is 0.510. The van der Waals surface area contributed by atoms with Crippen LogP contribution in [0, 0.1) is 17.2 Å². The number of likely N-dealkylation sites (tertiary alicyclic amines) is 1. The number of hydrogen-bond donors (Lipinski definition) is 0. The first-order valence-corrected chi connectivity index (χ1v) is 4.86. The predicted molar refractivity (Wildman–Crippen MR) is 53.4 cm³/mol. The summed E-state index contributed by atoms with van der Waals surface area (Å²) < 4.78 is 0. The molecule has 1 aliphatic heterocycles. The van der Waals surface area contributed by atoms with Gasteiger partial charge in [-0.25, -0.2) is 4.98 Å². The average molecular weight is 187 g/mol. The molecule has 0 spiro atoms. The van der Waals surface area contributed by atoms with E-state index >= 15 is 0 Å². The largest absolute Gasteiger partial charge is 0.297 e. The van der Waals surface area contributed by atoms with Gasteiger partial charge in [0.15, 0.2) is 0 Å². The van der Waals surface area contributed by atoms with Crippen molar-refractivity contribution in [2.45, 2.75) is 13.5 Å². The second-order valence-electron chi connectivity index (χ2n) is 3.93. The molecule has 1 aromatic rings. The molecule has 0 amide bonds. The SMILES string of the molecule is CC1CN(Cc2cccc(C#N)n2)C1. The van der Waals surface area contributed by atoms with Crippen molar-refractivity contribution in [1.29, 1.82) is 5.26 Å².